The van der Waals surface area contributed by atoms with E-state index >= 15 is 0 Å². The van der Waals surface area contributed by atoms with E-state index in [9.17, 15) is 10.1 Å². The van der Waals surface area contributed by atoms with Crippen LogP contribution in [0.2, 0.25) is 0 Å². The Morgan fingerprint density at radius 2 is 1.97 bits per heavy atom. The van der Waals surface area contributed by atoms with Crippen LogP contribution in [-0.4, -0.2) is 59.7 Å². The number of nitrogens with two attached hydrogens (primary N) is 1. The van der Waals surface area contributed by atoms with Crippen LogP contribution in [0, 0.1) is 10.1 Å². The lowest BCUT2D eigenvalue weighted by molar-refractivity contribution is -0.383. The quantitative estimate of drug-likeness (QED) is 0.296. The molecule has 12 nitrogen and oxygen atoms in total. The van der Waals surface area contributed by atoms with E-state index in [1.54, 1.807) is 19.2 Å². The normalized spacial score (nSPS) is 15.0. The first-order valence-electron chi connectivity index (χ1n) is 10.8. The van der Waals surface area contributed by atoms with Gasteiger partial charge in [-0.3, -0.25) is 15.0 Å². The third-order valence-electron chi connectivity index (χ3n) is 5.54. The largest absolute Gasteiger partial charge is 0.497 e. The highest BCUT2D eigenvalue weighted by Gasteiger charge is 2.26. The summed E-state index contributed by atoms with van der Waals surface area (Å²) in [6.45, 7) is 3.52. The molecular weight excluding hydrogens is 442 g/mol. The number of nitrogen functional groups attached to an aromatic ring is 1. The fourth-order valence-corrected chi connectivity index (χ4v) is 3.80. The van der Waals surface area contributed by atoms with Crippen molar-refractivity contribution in [1.29, 1.82) is 0 Å². The summed E-state index contributed by atoms with van der Waals surface area (Å²) in [6, 6.07) is 11.3. The van der Waals surface area contributed by atoms with Crippen LogP contribution < -0.4 is 21.1 Å². The summed E-state index contributed by atoms with van der Waals surface area (Å²) in [5, 5.41) is 17.7. The van der Waals surface area contributed by atoms with Crippen molar-refractivity contribution in [1.82, 2.24) is 14.9 Å². The predicted octanol–water partition coefficient (Wildman–Crippen LogP) is 2.67. The van der Waals surface area contributed by atoms with Crippen LogP contribution in [0.3, 0.4) is 0 Å². The second-order valence-corrected chi connectivity index (χ2v) is 7.64. The lowest BCUT2D eigenvalue weighted by Gasteiger charge is -2.35. The van der Waals surface area contributed by atoms with Gasteiger partial charge in [0.15, 0.2) is 0 Å². The van der Waals surface area contributed by atoms with E-state index in [-0.39, 0.29) is 35.9 Å². The number of rotatable bonds is 10. The summed E-state index contributed by atoms with van der Waals surface area (Å²) in [5.41, 5.74) is 6.63. The summed E-state index contributed by atoms with van der Waals surface area (Å²) in [4.78, 5) is 21.7. The van der Waals surface area contributed by atoms with Crippen molar-refractivity contribution >= 4 is 23.3 Å². The standard InChI is InChI=1S/C22H27N7O5/c1-32-16-6-4-15(5-7-16)18(28-8-11-33-12-9-28)14-25-22-26-20(23)19(29(30)31)21(27-22)24-13-17-3-2-10-34-17/h2-7,10,18H,8-9,11-14H2,1H3,(H4,23,24,25,26,27)/t18-/m1/s1. The first-order chi connectivity index (χ1) is 16.5. The van der Waals surface area contributed by atoms with Gasteiger partial charge in [-0.15, -0.1) is 0 Å². The third-order valence-corrected chi connectivity index (χ3v) is 5.54. The van der Waals surface area contributed by atoms with Gasteiger partial charge in [0.2, 0.25) is 17.6 Å². The highest BCUT2D eigenvalue weighted by Crippen LogP contribution is 2.30. The van der Waals surface area contributed by atoms with Crippen molar-refractivity contribution in [2.24, 2.45) is 0 Å². The van der Waals surface area contributed by atoms with Crippen molar-refractivity contribution in [2.45, 2.75) is 12.6 Å². The maximum Gasteiger partial charge on any atom is 0.353 e. The van der Waals surface area contributed by atoms with Crippen LogP contribution in [0.15, 0.2) is 47.1 Å². The molecule has 1 aromatic carbocycles. The molecular formula is C22H27N7O5. The van der Waals surface area contributed by atoms with Gasteiger partial charge in [-0.2, -0.15) is 9.97 Å². The van der Waals surface area contributed by atoms with E-state index in [4.69, 9.17) is 19.6 Å². The zero-order chi connectivity index (χ0) is 23.9. The van der Waals surface area contributed by atoms with Gasteiger partial charge >= 0.3 is 5.69 Å². The number of nitro groups is 1. The molecule has 0 radical (unpaired) electrons. The van der Waals surface area contributed by atoms with E-state index in [1.165, 1.54) is 6.26 Å². The number of anilines is 3. The smallest absolute Gasteiger partial charge is 0.353 e. The molecule has 1 fully saturated rings. The summed E-state index contributed by atoms with van der Waals surface area (Å²) >= 11 is 0. The lowest BCUT2D eigenvalue weighted by Crippen LogP contribution is -2.41. The molecule has 0 spiro atoms. The van der Waals surface area contributed by atoms with Gasteiger partial charge in [-0.05, 0) is 29.8 Å². The van der Waals surface area contributed by atoms with Crippen LogP contribution in [0.5, 0.6) is 5.75 Å². The number of methoxy groups -OCH3 is 1. The molecule has 0 bridgehead atoms. The topological polar surface area (TPSA) is 154 Å². The molecule has 3 aromatic rings. The Labute approximate surface area is 196 Å². The van der Waals surface area contributed by atoms with Gasteiger partial charge in [-0.1, -0.05) is 12.1 Å². The summed E-state index contributed by atoms with van der Waals surface area (Å²) in [7, 11) is 1.63. The SMILES string of the molecule is COc1ccc([C@@H](CNc2nc(N)c([N+](=O)[O-])c(NCc3ccco3)n2)N2CCOCC2)cc1. The Morgan fingerprint density at radius 1 is 1.21 bits per heavy atom. The van der Waals surface area contributed by atoms with Crippen LogP contribution in [0.25, 0.3) is 0 Å². The zero-order valence-corrected chi connectivity index (χ0v) is 18.8. The minimum Gasteiger partial charge on any atom is -0.497 e. The summed E-state index contributed by atoms with van der Waals surface area (Å²) in [6.07, 6.45) is 1.53. The number of nitrogens with zero attached hydrogens (tertiary/aromatic N) is 4. The van der Waals surface area contributed by atoms with Gasteiger partial charge < -0.3 is 30.3 Å². The maximum absolute atomic E-state index is 11.6. The monoisotopic (exact) mass is 469 g/mol. The van der Waals surface area contributed by atoms with Crippen LogP contribution in [-0.2, 0) is 11.3 Å². The number of nitrogens with one attached hydrogen (secondary N) is 2. The van der Waals surface area contributed by atoms with Crippen LogP contribution >= 0.6 is 0 Å². The number of hydrogen-bond acceptors (Lipinski definition) is 11. The number of morpholine rings is 1. The first kappa shape index (κ1) is 23.3. The molecule has 0 saturated carbocycles. The van der Waals surface area contributed by atoms with Crippen molar-refractivity contribution < 1.29 is 18.8 Å². The molecule has 1 saturated heterocycles. The Hall–Kier alpha value is -3.90. The number of benzene rings is 1. The molecule has 180 valence electrons. The summed E-state index contributed by atoms with van der Waals surface area (Å²) in [5.74, 6) is 1.36. The average Bonchev–Trinajstić information content (AvgIpc) is 3.37. The van der Waals surface area contributed by atoms with E-state index in [0.29, 0.717) is 25.5 Å². The molecule has 1 atom stereocenters. The number of ether oxygens (including phenoxy) is 2. The highest BCUT2D eigenvalue weighted by molar-refractivity contribution is 5.69. The molecule has 0 amide bonds. The minimum atomic E-state index is -0.600. The second kappa shape index (κ2) is 10.8. The van der Waals surface area contributed by atoms with Gasteiger partial charge in [0, 0.05) is 19.6 Å². The third kappa shape index (κ3) is 5.53. The van der Waals surface area contributed by atoms with E-state index in [1.807, 2.05) is 24.3 Å². The molecule has 0 unspecified atom stereocenters. The number of furan rings is 1. The second-order valence-electron chi connectivity index (χ2n) is 7.64. The van der Waals surface area contributed by atoms with E-state index in [0.717, 1.165) is 24.4 Å². The Balaban J connectivity index is 1.55. The number of hydrogen-bond donors (Lipinski definition) is 3. The lowest BCUT2D eigenvalue weighted by atomic mass is 10.0. The van der Waals surface area contributed by atoms with E-state index in [2.05, 4.69) is 25.5 Å². The molecule has 1 aliphatic heterocycles. The average molecular weight is 470 g/mol. The molecule has 34 heavy (non-hydrogen) atoms. The molecule has 3 heterocycles. The fraction of sp³-hybridized carbons (Fsp3) is 0.364. The van der Waals surface area contributed by atoms with E-state index < -0.39 is 4.92 Å². The maximum atomic E-state index is 11.6. The van der Waals surface area contributed by atoms with Crippen molar-refractivity contribution in [3.63, 3.8) is 0 Å². The summed E-state index contributed by atoms with van der Waals surface area (Å²) < 4.78 is 16.1. The molecule has 4 N–H and O–H groups in total. The minimum absolute atomic E-state index is 0.00523. The molecule has 1 aliphatic rings. The molecule has 0 aliphatic carbocycles. The predicted molar refractivity (Wildman–Crippen MR) is 126 cm³/mol. The van der Waals surface area contributed by atoms with Crippen molar-refractivity contribution in [3.05, 3.63) is 64.1 Å². The van der Waals surface area contributed by atoms with Crippen LogP contribution in [0.4, 0.5) is 23.3 Å². The highest BCUT2D eigenvalue weighted by atomic mass is 16.6. The van der Waals surface area contributed by atoms with Gasteiger partial charge in [0.05, 0.1) is 44.1 Å². The van der Waals surface area contributed by atoms with Gasteiger partial charge in [0.25, 0.3) is 0 Å². The van der Waals surface area contributed by atoms with Crippen molar-refractivity contribution in [3.8, 4) is 5.75 Å². The van der Waals surface area contributed by atoms with Gasteiger partial charge in [-0.25, -0.2) is 0 Å². The van der Waals surface area contributed by atoms with Crippen LogP contribution in [0.1, 0.15) is 17.4 Å². The fourth-order valence-electron chi connectivity index (χ4n) is 3.80. The molecule has 2 aromatic heterocycles. The Bertz CT molecular complexity index is 1090. The Kier molecular flexibility index (Phi) is 7.40. The number of aromatic nitrogens is 2. The Morgan fingerprint density at radius 3 is 2.62 bits per heavy atom. The molecule has 4 rings (SSSR count). The zero-order valence-electron chi connectivity index (χ0n) is 18.8. The first-order valence-corrected chi connectivity index (χ1v) is 10.8. The van der Waals surface area contributed by atoms with Gasteiger partial charge in [0.1, 0.15) is 11.5 Å². The van der Waals surface area contributed by atoms with Crippen molar-refractivity contribution in [2.75, 3.05) is 56.3 Å². The molecule has 12 heteroatoms.